The molecule has 16 heavy (non-hydrogen) atoms. The van der Waals surface area contributed by atoms with Crippen molar-refractivity contribution in [1.82, 2.24) is 0 Å². The van der Waals surface area contributed by atoms with E-state index in [1.807, 2.05) is 18.7 Å². The van der Waals surface area contributed by atoms with E-state index in [4.69, 9.17) is 9.47 Å². The molecule has 6 heteroatoms. The van der Waals surface area contributed by atoms with Gasteiger partial charge in [0.05, 0.1) is 12.7 Å². The summed E-state index contributed by atoms with van der Waals surface area (Å²) in [6, 6.07) is 0. The molecule has 0 spiro atoms. The molecule has 0 amide bonds. The van der Waals surface area contributed by atoms with Crippen molar-refractivity contribution >= 4 is 32.2 Å². The van der Waals surface area contributed by atoms with Crippen LogP contribution in [0.5, 0.6) is 0 Å². The van der Waals surface area contributed by atoms with E-state index in [1.165, 1.54) is 0 Å². The van der Waals surface area contributed by atoms with Gasteiger partial charge in [-0.25, -0.2) is 0 Å². The zero-order valence-corrected chi connectivity index (χ0v) is 12.1. The first-order chi connectivity index (χ1) is 7.56. The maximum atomic E-state index is 5.77. The van der Waals surface area contributed by atoms with Crippen molar-refractivity contribution in [2.45, 2.75) is 45.3 Å². The minimum absolute atomic E-state index is 0.0268. The summed E-state index contributed by atoms with van der Waals surface area (Å²) in [6.07, 6.45) is 0.329. The quantitative estimate of drug-likeness (QED) is 0.626. The van der Waals surface area contributed by atoms with Crippen molar-refractivity contribution in [1.29, 1.82) is 0 Å². The van der Waals surface area contributed by atoms with Crippen LogP contribution in [0.4, 0.5) is 0 Å². The van der Waals surface area contributed by atoms with Gasteiger partial charge in [-0.1, -0.05) is 20.8 Å². The molecule has 4 atom stereocenters. The van der Waals surface area contributed by atoms with Gasteiger partial charge in [-0.3, -0.25) is 0 Å². The maximum absolute atomic E-state index is 5.77. The minimum atomic E-state index is -0.0268. The van der Waals surface area contributed by atoms with E-state index in [2.05, 4.69) is 45.5 Å². The van der Waals surface area contributed by atoms with Gasteiger partial charge < -0.3 is 9.47 Å². The molecule has 1 radical (unpaired) electrons. The molecular formula is C10H21BNO2S2. The summed E-state index contributed by atoms with van der Waals surface area (Å²) in [5.74, 6) is 1.67. The van der Waals surface area contributed by atoms with Gasteiger partial charge in [0, 0.05) is 11.2 Å². The topological polar surface area (TPSA) is 30.8 Å². The second-order valence-corrected chi connectivity index (χ2v) is 5.64. The van der Waals surface area contributed by atoms with Crippen LogP contribution in [-0.4, -0.2) is 37.6 Å². The van der Waals surface area contributed by atoms with Crippen LogP contribution < -0.4 is 0 Å². The average Bonchev–Trinajstić information content (AvgIpc) is 2.23. The summed E-state index contributed by atoms with van der Waals surface area (Å²) >= 11 is 5.15. The van der Waals surface area contributed by atoms with Crippen LogP contribution in [0.3, 0.4) is 0 Å². The van der Waals surface area contributed by atoms with Gasteiger partial charge in [0.1, 0.15) is 0 Å². The molecule has 0 aromatic heterocycles. The van der Waals surface area contributed by atoms with Crippen molar-refractivity contribution in [2.75, 3.05) is 12.4 Å². The molecule has 0 saturated carbocycles. The van der Waals surface area contributed by atoms with E-state index in [9.17, 15) is 0 Å². The number of hydrogen-bond donors (Lipinski definition) is 1. The molecule has 0 bridgehead atoms. The summed E-state index contributed by atoms with van der Waals surface area (Å²) in [5, 5.41) is 0.575. The summed E-state index contributed by atoms with van der Waals surface area (Å²) in [7, 11) is 4.34. The summed E-state index contributed by atoms with van der Waals surface area (Å²) in [5.41, 5.74) is 0. The molecule has 1 aliphatic heterocycles. The second kappa shape index (κ2) is 9.51. The zero-order chi connectivity index (χ0) is 12.6. The van der Waals surface area contributed by atoms with Gasteiger partial charge >= 0.3 is 24.8 Å². The van der Waals surface area contributed by atoms with Crippen LogP contribution in [0.2, 0.25) is 0 Å². The Morgan fingerprint density at radius 3 is 2.62 bits per heavy atom. The summed E-state index contributed by atoms with van der Waals surface area (Å²) in [4.78, 5) is 0. The number of ether oxygens (including phenoxy) is 2. The number of nitrogens with zero attached hydrogens (tertiary/aromatic N) is 1. The first-order valence-electron chi connectivity index (χ1n) is 5.49. The van der Waals surface area contributed by atoms with Crippen LogP contribution >= 0.6 is 24.6 Å². The fourth-order valence-corrected chi connectivity index (χ4v) is 2.76. The summed E-state index contributed by atoms with van der Waals surface area (Å²) in [6.45, 7) is 9.44. The molecule has 1 fully saturated rings. The van der Waals surface area contributed by atoms with Gasteiger partial charge in [0.15, 0.2) is 6.29 Å². The summed E-state index contributed by atoms with van der Waals surface area (Å²) < 4.78 is 13.9. The Kier molecular flexibility index (Phi) is 9.80. The third-order valence-corrected chi connectivity index (χ3v) is 3.52. The first-order valence-corrected chi connectivity index (χ1v) is 6.94. The molecule has 0 aromatic carbocycles. The Hall–Kier alpha value is 0.485. The molecule has 0 aromatic rings. The molecule has 1 saturated heterocycles. The van der Waals surface area contributed by atoms with Crippen molar-refractivity contribution in [2.24, 2.45) is 10.2 Å². The van der Waals surface area contributed by atoms with Gasteiger partial charge in [-0.2, -0.15) is 11.8 Å². The Labute approximate surface area is 110 Å². The van der Waals surface area contributed by atoms with E-state index >= 15 is 0 Å². The van der Waals surface area contributed by atoms with Crippen LogP contribution in [0.1, 0.15) is 27.7 Å². The monoisotopic (exact) mass is 262 g/mol. The van der Waals surface area contributed by atoms with Crippen molar-refractivity contribution < 1.29 is 9.47 Å². The molecule has 1 aliphatic rings. The SMILES string of the molecule is CCSC(C)C1O[C@H](C)OC[C@H]1C.[B]=NS. The van der Waals surface area contributed by atoms with Gasteiger partial charge in [0.25, 0.3) is 0 Å². The first kappa shape index (κ1) is 16.5. The molecule has 1 heterocycles. The van der Waals surface area contributed by atoms with Gasteiger partial charge in [-0.05, 0) is 12.7 Å². The molecule has 93 valence electrons. The molecule has 0 aliphatic carbocycles. The Bertz CT molecular complexity index is 198. The number of hydrogen-bond acceptors (Lipinski definition) is 5. The van der Waals surface area contributed by atoms with E-state index in [-0.39, 0.29) is 6.29 Å². The zero-order valence-electron chi connectivity index (χ0n) is 10.4. The average molecular weight is 262 g/mol. The molecule has 2 unspecified atom stereocenters. The normalized spacial score (nSPS) is 31.1. The predicted molar refractivity (Wildman–Crippen MR) is 74.2 cm³/mol. The molecule has 1 rings (SSSR count). The third kappa shape index (κ3) is 6.28. The van der Waals surface area contributed by atoms with Crippen LogP contribution in [-0.2, 0) is 9.47 Å². The molecule has 3 nitrogen and oxygen atoms in total. The van der Waals surface area contributed by atoms with Gasteiger partial charge in [0.2, 0.25) is 0 Å². The Morgan fingerprint density at radius 2 is 2.12 bits per heavy atom. The Balaban J connectivity index is 0.000000673. The van der Waals surface area contributed by atoms with Crippen molar-refractivity contribution in [3.63, 3.8) is 0 Å². The van der Waals surface area contributed by atoms with Crippen molar-refractivity contribution in [3.05, 3.63) is 0 Å². The number of thioether (sulfide) groups is 1. The second-order valence-electron chi connectivity index (χ2n) is 3.75. The van der Waals surface area contributed by atoms with Gasteiger partial charge in [-0.15, -0.1) is 0 Å². The van der Waals surface area contributed by atoms with Crippen LogP contribution in [0.25, 0.3) is 0 Å². The van der Waals surface area contributed by atoms with Crippen LogP contribution in [0.15, 0.2) is 4.30 Å². The van der Waals surface area contributed by atoms with E-state index in [1.54, 1.807) is 0 Å². The number of thiol groups is 1. The van der Waals surface area contributed by atoms with E-state index in [0.717, 1.165) is 12.4 Å². The fourth-order valence-electron chi connectivity index (χ4n) is 1.71. The fraction of sp³-hybridized carbons (Fsp3) is 1.00. The standard InChI is InChI=1S/C10H20O2S.BHNS/c1-5-13-8(3)10-7(2)6-11-9(4)12-10;1-2-3/h7-10H,5-6H2,1-4H3;3H/t7-,8?,9-,10?;/m1./s1. The predicted octanol–water partition coefficient (Wildman–Crippen LogP) is 2.71. The van der Waals surface area contributed by atoms with E-state index < -0.39 is 0 Å². The molecule has 0 N–H and O–H groups in total. The number of rotatable bonds is 3. The molecular weight excluding hydrogens is 241 g/mol. The third-order valence-electron chi connectivity index (χ3n) is 2.40. The Morgan fingerprint density at radius 1 is 1.56 bits per heavy atom. The van der Waals surface area contributed by atoms with E-state index in [0.29, 0.717) is 17.3 Å². The van der Waals surface area contributed by atoms with Crippen molar-refractivity contribution in [3.8, 4) is 0 Å². The van der Waals surface area contributed by atoms with Crippen LogP contribution in [0, 0.1) is 5.92 Å².